The molecule has 1 N–H and O–H groups in total. The Labute approximate surface area is 153 Å². The van der Waals surface area contributed by atoms with Crippen LogP contribution < -0.4 is 5.32 Å². The zero-order chi connectivity index (χ0) is 19.1. The summed E-state index contributed by atoms with van der Waals surface area (Å²) in [4.78, 5) is 39.3. The van der Waals surface area contributed by atoms with Crippen LogP contribution in [0.5, 0.6) is 0 Å². The van der Waals surface area contributed by atoms with Gasteiger partial charge in [-0.2, -0.15) is 0 Å². The molecule has 2 rings (SSSR count). The van der Waals surface area contributed by atoms with Gasteiger partial charge in [-0.25, -0.2) is 14.6 Å². The van der Waals surface area contributed by atoms with Gasteiger partial charge in [0, 0.05) is 18.0 Å². The number of esters is 1. The number of imide groups is 1. The Kier molecular flexibility index (Phi) is 6.73. The van der Waals surface area contributed by atoms with E-state index in [0.717, 1.165) is 7.11 Å². The first-order valence-corrected chi connectivity index (χ1v) is 8.49. The number of nitrogens with zero attached hydrogens (tertiary/aromatic N) is 2. The minimum Gasteiger partial charge on any atom is -0.453 e. The molecule has 2 aromatic heterocycles. The van der Waals surface area contributed by atoms with Gasteiger partial charge in [0.05, 0.1) is 18.4 Å². The second-order valence-electron chi connectivity index (χ2n) is 5.10. The summed E-state index contributed by atoms with van der Waals surface area (Å²) in [6.07, 6.45) is -0.572. The van der Waals surface area contributed by atoms with Crippen molar-refractivity contribution in [1.29, 1.82) is 0 Å². The van der Waals surface area contributed by atoms with Crippen molar-refractivity contribution in [3.8, 4) is 0 Å². The molecule has 0 fully saturated rings. The number of rotatable bonds is 6. The van der Waals surface area contributed by atoms with Crippen molar-refractivity contribution in [2.75, 3.05) is 7.11 Å². The number of aromatic nitrogens is 2. The van der Waals surface area contributed by atoms with Crippen molar-refractivity contribution < 1.29 is 28.4 Å². The highest BCUT2D eigenvalue weighted by Gasteiger charge is 2.23. The minimum atomic E-state index is -1.18. The van der Waals surface area contributed by atoms with Crippen molar-refractivity contribution in [3.63, 3.8) is 0 Å². The maximum Gasteiger partial charge on any atom is 0.413 e. The van der Waals surface area contributed by atoms with E-state index in [2.05, 4.69) is 14.9 Å². The van der Waals surface area contributed by atoms with Gasteiger partial charge in [-0.1, -0.05) is 16.9 Å². The van der Waals surface area contributed by atoms with Gasteiger partial charge in [0.15, 0.2) is 6.10 Å². The van der Waals surface area contributed by atoms with Crippen molar-refractivity contribution in [1.82, 2.24) is 15.5 Å². The molecular formula is C16H17N3O6S. The number of carbonyl (C=O) groups is 3. The van der Waals surface area contributed by atoms with E-state index < -0.39 is 24.1 Å². The number of hydrogen-bond acceptors (Lipinski definition) is 9. The molecule has 10 heteroatoms. The number of hydrogen-bond donors (Lipinski definition) is 1. The highest BCUT2D eigenvalue weighted by Crippen LogP contribution is 2.24. The predicted octanol–water partition coefficient (Wildman–Crippen LogP) is 2.10. The fourth-order valence-electron chi connectivity index (χ4n) is 1.82. The lowest BCUT2D eigenvalue weighted by Gasteiger charge is -2.13. The molecule has 0 bridgehead atoms. The van der Waals surface area contributed by atoms with Gasteiger partial charge in [-0.05, 0) is 26.0 Å². The smallest absolute Gasteiger partial charge is 0.413 e. The van der Waals surface area contributed by atoms with Crippen LogP contribution in [-0.2, 0) is 20.0 Å². The van der Waals surface area contributed by atoms with Gasteiger partial charge in [0.2, 0.25) is 0 Å². The lowest BCUT2D eigenvalue weighted by atomic mass is 10.3. The Morgan fingerprint density at radius 1 is 1.38 bits per heavy atom. The van der Waals surface area contributed by atoms with Crippen LogP contribution in [0.1, 0.15) is 28.7 Å². The standard InChI is InChI=1S/C16H17N3O6S/c1-9-7-11(19-25-9)8-26-14-12(5-4-6-17-14)15(21)24-10(2)13(20)18-16(22)23-3/h4-7,10H,8H2,1-3H3,(H,18,20,22)/t10-/m0/s1. The zero-order valence-electron chi connectivity index (χ0n) is 14.3. The SMILES string of the molecule is COC(=O)NC(=O)[C@H](C)OC(=O)c1cccnc1SCc1cc(C)on1. The number of methoxy groups -OCH3 is 1. The van der Waals surface area contributed by atoms with Crippen molar-refractivity contribution in [3.05, 3.63) is 41.4 Å². The van der Waals surface area contributed by atoms with Crippen molar-refractivity contribution in [2.45, 2.75) is 30.7 Å². The highest BCUT2D eigenvalue weighted by atomic mass is 32.2. The third kappa shape index (κ3) is 5.31. The van der Waals surface area contributed by atoms with E-state index >= 15 is 0 Å². The molecule has 9 nitrogen and oxygen atoms in total. The Morgan fingerprint density at radius 3 is 2.81 bits per heavy atom. The molecule has 0 unspecified atom stereocenters. The van der Waals surface area contributed by atoms with E-state index in [0.29, 0.717) is 22.2 Å². The van der Waals surface area contributed by atoms with Gasteiger partial charge >= 0.3 is 12.1 Å². The van der Waals surface area contributed by atoms with Crippen LogP contribution in [0.25, 0.3) is 0 Å². The molecule has 0 aromatic carbocycles. The minimum absolute atomic E-state index is 0.204. The van der Waals surface area contributed by atoms with Gasteiger partial charge in [0.25, 0.3) is 5.91 Å². The fourth-order valence-corrected chi connectivity index (χ4v) is 2.68. The van der Waals surface area contributed by atoms with Crippen LogP contribution >= 0.6 is 11.8 Å². The molecule has 2 heterocycles. The molecule has 0 aliphatic carbocycles. The molecule has 0 spiro atoms. The molecule has 26 heavy (non-hydrogen) atoms. The summed E-state index contributed by atoms with van der Waals surface area (Å²) in [6.45, 7) is 3.13. The van der Waals surface area contributed by atoms with E-state index in [9.17, 15) is 14.4 Å². The Hall–Kier alpha value is -2.88. The summed E-state index contributed by atoms with van der Waals surface area (Å²) in [7, 11) is 1.12. The first-order chi connectivity index (χ1) is 12.4. The Morgan fingerprint density at radius 2 is 2.15 bits per heavy atom. The summed E-state index contributed by atoms with van der Waals surface area (Å²) in [5, 5.41) is 6.24. The van der Waals surface area contributed by atoms with Gasteiger partial charge < -0.3 is 14.0 Å². The number of nitrogens with one attached hydrogen (secondary N) is 1. The largest absolute Gasteiger partial charge is 0.453 e. The lowest BCUT2D eigenvalue weighted by molar-refractivity contribution is -0.128. The number of alkyl carbamates (subject to hydrolysis) is 1. The molecule has 138 valence electrons. The number of thioether (sulfide) groups is 1. The monoisotopic (exact) mass is 379 g/mol. The van der Waals surface area contributed by atoms with Crippen LogP contribution in [0.3, 0.4) is 0 Å². The van der Waals surface area contributed by atoms with Gasteiger partial charge in [-0.15, -0.1) is 0 Å². The summed E-state index contributed by atoms with van der Waals surface area (Å²) >= 11 is 1.28. The summed E-state index contributed by atoms with van der Waals surface area (Å²) in [5.74, 6) is -0.384. The average molecular weight is 379 g/mol. The summed E-state index contributed by atoms with van der Waals surface area (Å²) in [6, 6.07) is 4.91. The van der Waals surface area contributed by atoms with Crippen LogP contribution in [0.4, 0.5) is 4.79 Å². The van der Waals surface area contributed by atoms with E-state index in [1.54, 1.807) is 25.3 Å². The number of aryl methyl sites for hydroxylation is 1. The number of carbonyl (C=O) groups excluding carboxylic acids is 3. The molecule has 0 aliphatic rings. The van der Waals surface area contributed by atoms with Gasteiger partial charge in [-0.3, -0.25) is 10.1 Å². The maximum atomic E-state index is 12.3. The average Bonchev–Trinajstić information content (AvgIpc) is 3.05. The van der Waals surface area contributed by atoms with E-state index in [1.165, 1.54) is 24.8 Å². The lowest BCUT2D eigenvalue weighted by Crippen LogP contribution is -2.39. The maximum absolute atomic E-state index is 12.3. The van der Waals surface area contributed by atoms with Gasteiger partial charge in [0.1, 0.15) is 10.8 Å². The molecule has 1 atom stereocenters. The molecule has 2 aromatic rings. The van der Waals surface area contributed by atoms with Crippen molar-refractivity contribution in [2.24, 2.45) is 0 Å². The van der Waals surface area contributed by atoms with Crippen LogP contribution in [0, 0.1) is 6.92 Å². The molecule has 0 aliphatic heterocycles. The van der Waals surface area contributed by atoms with Crippen LogP contribution in [0.15, 0.2) is 33.9 Å². The normalized spacial score (nSPS) is 11.5. The third-order valence-electron chi connectivity index (χ3n) is 3.09. The summed E-state index contributed by atoms with van der Waals surface area (Å²) < 4.78 is 14.4. The fraction of sp³-hybridized carbons (Fsp3) is 0.312. The molecule has 0 saturated heterocycles. The molecule has 0 radical (unpaired) electrons. The molecular weight excluding hydrogens is 362 g/mol. The number of ether oxygens (including phenoxy) is 2. The zero-order valence-corrected chi connectivity index (χ0v) is 15.2. The Bertz CT molecular complexity index is 807. The second kappa shape index (κ2) is 8.99. The Balaban J connectivity index is 2.02. The first kappa shape index (κ1) is 19.4. The van der Waals surface area contributed by atoms with E-state index in [-0.39, 0.29) is 5.56 Å². The topological polar surface area (TPSA) is 121 Å². The molecule has 2 amide bonds. The first-order valence-electron chi connectivity index (χ1n) is 7.50. The van der Waals surface area contributed by atoms with Crippen LogP contribution in [0.2, 0.25) is 0 Å². The quantitative estimate of drug-likeness (QED) is 0.594. The van der Waals surface area contributed by atoms with Crippen molar-refractivity contribution >= 4 is 29.7 Å². The van der Waals surface area contributed by atoms with E-state index in [1.807, 2.05) is 5.32 Å². The second-order valence-corrected chi connectivity index (χ2v) is 6.07. The predicted molar refractivity (Wildman–Crippen MR) is 90.5 cm³/mol. The molecule has 0 saturated carbocycles. The number of amides is 2. The summed E-state index contributed by atoms with van der Waals surface area (Å²) in [5.41, 5.74) is 0.915. The highest BCUT2D eigenvalue weighted by molar-refractivity contribution is 7.98. The van der Waals surface area contributed by atoms with Crippen LogP contribution in [-0.4, -0.2) is 41.3 Å². The third-order valence-corrected chi connectivity index (χ3v) is 4.13. The van der Waals surface area contributed by atoms with E-state index in [4.69, 9.17) is 9.26 Å². The number of pyridine rings is 1.